The highest BCUT2D eigenvalue weighted by molar-refractivity contribution is 5.90. The average Bonchev–Trinajstić information content (AvgIpc) is 2.95. The van der Waals surface area contributed by atoms with Gasteiger partial charge < -0.3 is 24.4 Å². The number of benzene rings is 2. The van der Waals surface area contributed by atoms with Crippen molar-refractivity contribution in [1.82, 2.24) is 0 Å². The topological polar surface area (TPSA) is 102 Å². The van der Waals surface area contributed by atoms with Crippen molar-refractivity contribution < 1.29 is 34.0 Å². The fourth-order valence-corrected chi connectivity index (χ4v) is 2.58. The largest absolute Gasteiger partial charge is 0.459 e. The number of carbonyl (C=O) groups is 2. The van der Waals surface area contributed by atoms with E-state index in [1.54, 1.807) is 60.7 Å². The van der Waals surface area contributed by atoms with E-state index < -0.39 is 36.5 Å². The molecule has 26 heavy (non-hydrogen) atoms. The zero-order valence-electron chi connectivity index (χ0n) is 13.7. The molecule has 1 saturated heterocycles. The van der Waals surface area contributed by atoms with E-state index in [1.165, 1.54) is 0 Å². The van der Waals surface area contributed by atoms with Gasteiger partial charge in [0.2, 0.25) is 0 Å². The third-order valence-electron chi connectivity index (χ3n) is 3.95. The molecule has 1 heterocycles. The second-order valence-electron chi connectivity index (χ2n) is 5.76. The molecule has 0 bridgehead atoms. The lowest BCUT2D eigenvalue weighted by molar-refractivity contribution is -0.133. The third kappa shape index (κ3) is 4.08. The first kappa shape index (κ1) is 18.1. The molecule has 2 aromatic carbocycles. The van der Waals surface area contributed by atoms with Crippen LogP contribution in [0, 0.1) is 0 Å². The SMILES string of the molecule is O=C(OC[C@@H]1O[C@@H](O)[C@@H](O)[C@@H]1OC(=O)c1ccccc1)c1ccccc1. The summed E-state index contributed by atoms with van der Waals surface area (Å²) in [6, 6.07) is 16.6. The number of ether oxygens (including phenoxy) is 3. The van der Waals surface area contributed by atoms with Gasteiger partial charge in [-0.05, 0) is 24.3 Å². The first-order valence-electron chi connectivity index (χ1n) is 8.06. The molecule has 1 fully saturated rings. The number of rotatable bonds is 5. The van der Waals surface area contributed by atoms with Crippen LogP contribution in [0.3, 0.4) is 0 Å². The van der Waals surface area contributed by atoms with Gasteiger partial charge in [-0.3, -0.25) is 0 Å². The van der Waals surface area contributed by atoms with Crippen LogP contribution >= 0.6 is 0 Å². The molecule has 0 aromatic heterocycles. The maximum Gasteiger partial charge on any atom is 0.338 e. The van der Waals surface area contributed by atoms with Crippen LogP contribution < -0.4 is 0 Å². The average molecular weight is 358 g/mol. The number of hydrogen-bond donors (Lipinski definition) is 2. The molecule has 3 rings (SSSR count). The minimum atomic E-state index is -1.54. The highest BCUT2D eigenvalue weighted by atomic mass is 16.7. The highest BCUT2D eigenvalue weighted by Gasteiger charge is 2.46. The van der Waals surface area contributed by atoms with Crippen LogP contribution in [0.15, 0.2) is 60.7 Å². The number of aliphatic hydroxyl groups is 2. The summed E-state index contributed by atoms with van der Waals surface area (Å²) in [4.78, 5) is 24.2. The van der Waals surface area contributed by atoms with Crippen molar-refractivity contribution in [1.29, 1.82) is 0 Å². The second-order valence-corrected chi connectivity index (χ2v) is 5.76. The Balaban J connectivity index is 1.63. The van der Waals surface area contributed by atoms with E-state index in [-0.39, 0.29) is 6.61 Å². The van der Waals surface area contributed by atoms with Gasteiger partial charge in [0.05, 0.1) is 11.1 Å². The summed E-state index contributed by atoms with van der Waals surface area (Å²) in [5.74, 6) is -1.26. The summed E-state index contributed by atoms with van der Waals surface area (Å²) in [6.07, 6.45) is -5.13. The number of carbonyl (C=O) groups excluding carboxylic acids is 2. The van der Waals surface area contributed by atoms with E-state index in [4.69, 9.17) is 14.2 Å². The van der Waals surface area contributed by atoms with Gasteiger partial charge in [-0.1, -0.05) is 36.4 Å². The molecular formula is C19H18O7. The Morgan fingerprint density at radius 2 is 1.42 bits per heavy atom. The van der Waals surface area contributed by atoms with E-state index in [9.17, 15) is 19.8 Å². The molecule has 1 aliphatic heterocycles. The first-order valence-corrected chi connectivity index (χ1v) is 8.06. The van der Waals surface area contributed by atoms with Crippen LogP contribution in [0.2, 0.25) is 0 Å². The van der Waals surface area contributed by atoms with E-state index in [0.717, 1.165) is 0 Å². The zero-order valence-corrected chi connectivity index (χ0v) is 13.7. The predicted octanol–water partition coefficient (Wildman–Crippen LogP) is 1.15. The molecule has 136 valence electrons. The molecule has 0 aliphatic carbocycles. The Morgan fingerprint density at radius 1 is 0.885 bits per heavy atom. The van der Waals surface area contributed by atoms with Gasteiger partial charge >= 0.3 is 11.9 Å². The molecule has 7 heteroatoms. The van der Waals surface area contributed by atoms with Crippen LogP contribution in [0.4, 0.5) is 0 Å². The molecular weight excluding hydrogens is 340 g/mol. The highest BCUT2D eigenvalue weighted by Crippen LogP contribution is 2.24. The molecule has 4 atom stereocenters. The summed E-state index contributed by atoms with van der Waals surface area (Å²) in [5, 5.41) is 19.7. The summed E-state index contributed by atoms with van der Waals surface area (Å²) in [5.41, 5.74) is 0.644. The number of esters is 2. The molecule has 0 saturated carbocycles. The third-order valence-corrected chi connectivity index (χ3v) is 3.95. The van der Waals surface area contributed by atoms with Gasteiger partial charge in [0.15, 0.2) is 12.4 Å². The quantitative estimate of drug-likeness (QED) is 0.773. The molecule has 2 N–H and O–H groups in total. The lowest BCUT2D eigenvalue weighted by Crippen LogP contribution is -2.39. The molecule has 1 aliphatic rings. The first-order chi connectivity index (χ1) is 12.6. The van der Waals surface area contributed by atoms with E-state index in [2.05, 4.69) is 0 Å². The van der Waals surface area contributed by atoms with Crippen molar-refractivity contribution in [3.63, 3.8) is 0 Å². The Hall–Kier alpha value is -2.74. The van der Waals surface area contributed by atoms with Crippen molar-refractivity contribution in [2.75, 3.05) is 6.61 Å². The van der Waals surface area contributed by atoms with Crippen molar-refractivity contribution in [3.05, 3.63) is 71.8 Å². The number of hydrogen-bond acceptors (Lipinski definition) is 7. The molecule has 7 nitrogen and oxygen atoms in total. The smallest absolute Gasteiger partial charge is 0.338 e. The number of aliphatic hydroxyl groups excluding tert-OH is 2. The molecule has 2 aromatic rings. The van der Waals surface area contributed by atoms with Crippen molar-refractivity contribution in [2.45, 2.75) is 24.6 Å². The van der Waals surface area contributed by atoms with Crippen LogP contribution in [-0.4, -0.2) is 53.4 Å². The van der Waals surface area contributed by atoms with Crippen molar-refractivity contribution >= 4 is 11.9 Å². The molecule has 0 amide bonds. The van der Waals surface area contributed by atoms with Gasteiger partial charge in [0.25, 0.3) is 0 Å². The predicted molar refractivity (Wildman–Crippen MR) is 89.3 cm³/mol. The van der Waals surface area contributed by atoms with Gasteiger partial charge in [0.1, 0.15) is 18.8 Å². The minimum absolute atomic E-state index is 0.283. The normalized spacial score (nSPS) is 24.8. The van der Waals surface area contributed by atoms with E-state index >= 15 is 0 Å². The van der Waals surface area contributed by atoms with Crippen molar-refractivity contribution in [2.24, 2.45) is 0 Å². The Labute approximate surface area is 149 Å². The summed E-state index contributed by atoms with van der Waals surface area (Å²) < 4.78 is 15.6. The summed E-state index contributed by atoms with van der Waals surface area (Å²) in [6.45, 7) is -0.283. The van der Waals surface area contributed by atoms with Gasteiger partial charge in [-0.15, -0.1) is 0 Å². The monoisotopic (exact) mass is 358 g/mol. The van der Waals surface area contributed by atoms with E-state index in [0.29, 0.717) is 11.1 Å². The Bertz CT molecular complexity index is 747. The van der Waals surface area contributed by atoms with Crippen LogP contribution in [0.25, 0.3) is 0 Å². The maximum absolute atomic E-state index is 12.2. The van der Waals surface area contributed by atoms with E-state index in [1.807, 2.05) is 0 Å². The lowest BCUT2D eigenvalue weighted by Gasteiger charge is -2.20. The van der Waals surface area contributed by atoms with Crippen molar-refractivity contribution in [3.8, 4) is 0 Å². The molecule has 0 spiro atoms. The minimum Gasteiger partial charge on any atom is -0.459 e. The Kier molecular flexibility index (Phi) is 5.62. The summed E-state index contributed by atoms with van der Waals surface area (Å²) in [7, 11) is 0. The maximum atomic E-state index is 12.2. The fourth-order valence-electron chi connectivity index (χ4n) is 2.58. The van der Waals surface area contributed by atoms with Gasteiger partial charge in [-0.25, -0.2) is 9.59 Å². The fraction of sp³-hybridized carbons (Fsp3) is 0.263. The van der Waals surface area contributed by atoms with Crippen LogP contribution in [0.5, 0.6) is 0 Å². The van der Waals surface area contributed by atoms with Crippen LogP contribution in [-0.2, 0) is 14.2 Å². The Morgan fingerprint density at radius 3 is 2.00 bits per heavy atom. The molecule has 0 radical (unpaired) electrons. The standard InChI is InChI=1S/C19H18O7/c20-15-16(26-18(22)13-9-5-2-6-10-13)14(25-19(15)23)11-24-17(21)12-7-3-1-4-8-12/h1-10,14-16,19-20,23H,11H2/t14-,15-,16+,19+/m0/s1. The summed E-state index contributed by atoms with van der Waals surface area (Å²) >= 11 is 0. The second kappa shape index (κ2) is 8.09. The van der Waals surface area contributed by atoms with Crippen LogP contribution in [0.1, 0.15) is 20.7 Å². The van der Waals surface area contributed by atoms with Gasteiger partial charge in [0, 0.05) is 0 Å². The van der Waals surface area contributed by atoms with Gasteiger partial charge in [-0.2, -0.15) is 0 Å². The molecule has 0 unspecified atom stereocenters. The zero-order chi connectivity index (χ0) is 18.5. The lowest BCUT2D eigenvalue weighted by atomic mass is 10.1.